The molecule has 1 fully saturated rings. The molecule has 0 radical (unpaired) electrons. The second-order valence-electron chi connectivity index (χ2n) is 6.62. The van der Waals surface area contributed by atoms with E-state index < -0.39 is 5.92 Å². The lowest BCUT2D eigenvalue weighted by Crippen LogP contribution is -2.36. The highest BCUT2D eigenvalue weighted by molar-refractivity contribution is 7.14. The van der Waals surface area contributed by atoms with Crippen LogP contribution in [0.2, 0.25) is 0 Å². The number of urea groups is 1. The van der Waals surface area contributed by atoms with E-state index in [1.807, 2.05) is 30.3 Å². The number of benzene rings is 1. The summed E-state index contributed by atoms with van der Waals surface area (Å²) in [7, 11) is 0. The Hall–Kier alpha value is -2.94. The number of aromatic nitrogens is 1. The highest BCUT2D eigenvalue weighted by Gasteiger charge is 2.25. The van der Waals surface area contributed by atoms with Gasteiger partial charge in [0.05, 0.1) is 24.6 Å². The maximum Gasteiger partial charge on any atom is 0.323 e. The third-order valence-electron chi connectivity index (χ3n) is 4.46. The summed E-state index contributed by atoms with van der Waals surface area (Å²) >= 11 is 1.33. The predicted octanol–water partition coefficient (Wildman–Crippen LogP) is 1.75. The third kappa shape index (κ3) is 5.77. The number of anilines is 1. The Balaban J connectivity index is 1.54. The number of esters is 1. The molecule has 0 spiro atoms. The fourth-order valence-corrected chi connectivity index (χ4v) is 3.87. The number of carbonyl (C=O) groups is 3. The van der Waals surface area contributed by atoms with Gasteiger partial charge in [-0.25, -0.2) is 9.78 Å². The third-order valence-corrected chi connectivity index (χ3v) is 5.37. The van der Waals surface area contributed by atoms with E-state index >= 15 is 0 Å². The van der Waals surface area contributed by atoms with E-state index in [4.69, 9.17) is 4.74 Å². The van der Waals surface area contributed by atoms with Crippen LogP contribution in [0.4, 0.5) is 9.93 Å². The van der Waals surface area contributed by atoms with Gasteiger partial charge in [0.1, 0.15) is 0 Å². The van der Waals surface area contributed by atoms with E-state index in [0.29, 0.717) is 36.9 Å². The summed E-state index contributed by atoms with van der Waals surface area (Å²) in [5, 5.41) is 7.88. The summed E-state index contributed by atoms with van der Waals surface area (Å²) < 4.78 is 5.15. The molecule has 0 saturated carbocycles. The highest BCUT2D eigenvalue weighted by atomic mass is 32.1. The SMILES string of the molecule is CCOC(=O)C(CNC(=O)Cc1csc(N2CCNC2=O)n1)Cc1ccccc1. The number of rotatable bonds is 9. The lowest BCUT2D eigenvalue weighted by Gasteiger charge is -2.16. The fourth-order valence-electron chi connectivity index (χ4n) is 3.02. The predicted molar refractivity (Wildman–Crippen MR) is 110 cm³/mol. The van der Waals surface area contributed by atoms with Crippen LogP contribution in [0.1, 0.15) is 18.2 Å². The lowest BCUT2D eigenvalue weighted by molar-refractivity contribution is -0.147. The number of carbonyl (C=O) groups excluding carboxylic acids is 3. The molecule has 1 atom stereocenters. The monoisotopic (exact) mass is 416 g/mol. The average Bonchev–Trinajstić information content (AvgIpc) is 3.34. The van der Waals surface area contributed by atoms with Gasteiger partial charge in [-0.1, -0.05) is 30.3 Å². The lowest BCUT2D eigenvalue weighted by atomic mass is 9.99. The Morgan fingerprint density at radius 1 is 1.34 bits per heavy atom. The summed E-state index contributed by atoms with van der Waals surface area (Å²) in [5.41, 5.74) is 1.60. The van der Waals surface area contributed by atoms with Crippen LogP contribution in [0.25, 0.3) is 0 Å². The van der Waals surface area contributed by atoms with E-state index in [9.17, 15) is 14.4 Å². The summed E-state index contributed by atoms with van der Waals surface area (Å²) in [6.45, 7) is 3.40. The number of nitrogens with zero attached hydrogens (tertiary/aromatic N) is 2. The molecule has 0 bridgehead atoms. The van der Waals surface area contributed by atoms with Crippen LogP contribution in [-0.4, -0.2) is 49.1 Å². The Morgan fingerprint density at radius 3 is 2.83 bits per heavy atom. The molecule has 3 amide bonds. The van der Waals surface area contributed by atoms with Crippen molar-refractivity contribution >= 4 is 34.4 Å². The molecular formula is C20H24N4O4S. The first-order valence-corrected chi connectivity index (χ1v) is 10.4. The van der Waals surface area contributed by atoms with Crippen molar-refractivity contribution in [3.8, 4) is 0 Å². The molecule has 154 valence electrons. The van der Waals surface area contributed by atoms with E-state index in [-0.39, 0.29) is 30.9 Å². The van der Waals surface area contributed by atoms with Crippen LogP contribution in [0, 0.1) is 5.92 Å². The Kier molecular flexibility index (Phi) is 7.18. The molecule has 2 aromatic rings. The van der Waals surface area contributed by atoms with E-state index in [1.54, 1.807) is 17.2 Å². The quantitative estimate of drug-likeness (QED) is 0.607. The zero-order chi connectivity index (χ0) is 20.6. The minimum Gasteiger partial charge on any atom is -0.466 e. The summed E-state index contributed by atoms with van der Waals surface area (Å²) in [6, 6.07) is 9.46. The van der Waals surface area contributed by atoms with Crippen molar-refractivity contribution in [2.24, 2.45) is 5.92 Å². The molecule has 8 nitrogen and oxygen atoms in total. The number of hydrogen-bond donors (Lipinski definition) is 2. The molecule has 1 aliphatic heterocycles. The van der Waals surface area contributed by atoms with Gasteiger partial charge >= 0.3 is 12.0 Å². The van der Waals surface area contributed by atoms with Gasteiger partial charge in [0.15, 0.2) is 5.13 Å². The zero-order valence-corrected chi connectivity index (χ0v) is 17.0. The number of amides is 3. The van der Waals surface area contributed by atoms with Crippen LogP contribution >= 0.6 is 11.3 Å². The molecule has 1 saturated heterocycles. The summed E-state index contributed by atoms with van der Waals surface area (Å²) in [5.74, 6) is -1.01. The molecule has 0 aliphatic carbocycles. The van der Waals surface area contributed by atoms with E-state index in [1.165, 1.54) is 11.3 Å². The zero-order valence-electron chi connectivity index (χ0n) is 16.2. The molecule has 1 aliphatic rings. The molecule has 2 heterocycles. The maximum absolute atomic E-state index is 12.4. The van der Waals surface area contributed by atoms with Gasteiger partial charge in [-0.2, -0.15) is 0 Å². The van der Waals surface area contributed by atoms with Crippen LogP contribution in [0.5, 0.6) is 0 Å². The minimum atomic E-state index is -0.458. The van der Waals surface area contributed by atoms with Gasteiger partial charge in [0, 0.05) is 25.0 Å². The van der Waals surface area contributed by atoms with Crippen LogP contribution in [0.3, 0.4) is 0 Å². The first-order chi connectivity index (χ1) is 14.1. The topological polar surface area (TPSA) is 101 Å². The van der Waals surface area contributed by atoms with Crippen molar-refractivity contribution in [1.82, 2.24) is 15.6 Å². The standard InChI is InChI=1S/C20H24N4O4S/c1-2-28-18(26)15(10-14-6-4-3-5-7-14)12-22-17(25)11-16-13-29-20(23-16)24-9-8-21-19(24)27/h3-7,13,15H,2,8-12H2,1H3,(H,21,27)(H,22,25). The van der Waals surface area contributed by atoms with Gasteiger partial charge in [-0.3, -0.25) is 14.5 Å². The fraction of sp³-hybridized carbons (Fsp3) is 0.400. The van der Waals surface area contributed by atoms with Crippen molar-refractivity contribution in [2.45, 2.75) is 19.8 Å². The Bertz CT molecular complexity index is 855. The smallest absolute Gasteiger partial charge is 0.323 e. The number of hydrogen-bond acceptors (Lipinski definition) is 6. The van der Waals surface area contributed by atoms with Crippen molar-refractivity contribution in [3.05, 3.63) is 47.0 Å². The number of thiazole rings is 1. The van der Waals surface area contributed by atoms with Crippen molar-refractivity contribution in [1.29, 1.82) is 0 Å². The largest absolute Gasteiger partial charge is 0.466 e. The first kappa shape index (κ1) is 20.8. The Labute approximate surface area is 173 Å². The molecule has 29 heavy (non-hydrogen) atoms. The molecule has 1 unspecified atom stereocenters. The minimum absolute atomic E-state index is 0.0901. The molecule has 9 heteroatoms. The normalized spacial score (nSPS) is 14.4. The molecule has 1 aromatic heterocycles. The highest BCUT2D eigenvalue weighted by Crippen LogP contribution is 2.22. The van der Waals surface area contributed by atoms with Crippen LogP contribution < -0.4 is 15.5 Å². The van der Waals surface area contributed by atoms with Gasteiger partial charge in [0.2, 0.25) is 5.91 Å². The van der Waals surface area contributed by atoms with E-state index in [2.05, 4.69) is 15.6 Å². The number of nitrogens with one attached hydrogen (secondary N) is 2. The van der Waals surface area contributed by atoms with Crippen molar-refractivity contribution in [3.63, 3.8) is 0 Å². The van der Waals surface area contributed by atoms with Gasteiger partial charge in [0.25, 0.3) is 0 Å². The maximum atomic E-state index is 12.4. The van der Waals surface area contributed by atoms with Gasteiger partial charge in [-0.05, 0) is 18.9 Å². The van der Waals surface area contributed by atoms with E-state index in [0.717, 1.165) is 5.56 Å². The summed E-state index contributed by atoms with van der Waals surface area (Å²) in [6.07, 6.45) is 0.581. The van der Waals surface area contributed by atoms with Crippen LogP contribution in [0.15, 0.2) is 35.7 Å². The Morgan fingerprint density at radius 2 is 2.14 bits per heavy atom. The molecule has 2 N–H and O–H groups in total. The summed E-state index contributed by atoms with van der Waals surface area (Å²) in [4.78, 5) is 42.3. The average molecular weight is 417 g/mol. The molecular weight excluding hydrogens is 392 g/mol. The molecule has 3 rings (SSSR count). The second-order valence-corrected chi connectivity index (χ2v) is 7.46. The van der Waals surface area contributed by atoms with Crippen molar-refractivity contribution < 1.29 is 19.1 Å². The van der Waals surface area contributed by atoms with Gasteiger partial charge < -0.3 is 15.4 Å². The second kappa shape index (κ2) is 10.0. The number of ether oxygens (including phenoxy) is 1. The van der Waals surface area contributed by atoms with Gasteiger partial charge in [-0.15, -0.1) is 11.3 Å². The first-order valence-electron chi connectivity index (χ1n) is 9.54. The van der Waals surface area contributed by atoms with Crippen molar-refractivity contribution in [2.75, 3.05) is 31.1 Å². The molecule has 1 aromatic carbocycles. The van der Waals surface area contributed by atoms with Crippen LogP contribution in [-0.2, 0) is 27.2 Å².